The number of nitrogens with one attached hydrogen (secondary N) is 1. The van der Waals surface area contributed by atoms with Gasteiger partial charge in [0.2, 0.25) is 0 Å². The van der Waals surface area contributed by atoms with Gasteiger partial charge in [0, 0.05) is 33.2 Å². The number of amides is 1. The normalized spacial score (nSPS) is 15.2. The van der Waals surface area contributed by atoms with Gasteiger partial charge in [0.25, 0.3) is 5.91 Å². The molecule has 1 aliphatic heterocycles. The number of aliphatic hydroxyl groups is 1. The lowest BCUT2D eigenvalue weighted by Crippen LogP contribution is -2.38. The predicted molar refractivity (Wildman–Crippen MR) is 99.0 cm³/mol. The molecule has 1 saturated heterocycles. The largest absolute Gasteiger partial charge is 0.496 e. The minimum absolute atomic E-state index is 0.0104. The highest BCUT2D eigenvalue weighted by atomic mass is 16.5. The van der Waals surface area contributed by atoms with Gasteiger partial charge in [-0.15, -0.1) is 0 Å². The minimum atomic E-state index is -0.0104. The molecule has 6 heteroatoms. The molecule has 0 aromatic heterocycles. The van der Waals surface area contributed by atoms with E-state index in [4.69, 9.17) is 9.84 Å². The number of piperidine rings is 1. The van der Waals surface area contributed by atoms with Crippen LogP contribution in [-0.2, 0) is 6.54 Å². The van der Waals surface area contributed by atoms with Crippen LogP contribution in [0.25, 0.3) is 0 Å². The summed E-state index contributed by atoms with van der Waals surface area (Å²) in [4.78, 5) is 17.0. The van der Waals surface area contributed by atoms with Crippen molar-refractivity contribution in [2.24, 2.45) is 0 Å². The van der Waals surface area contributed by atoms with Crippen LogP contribution in [0.15, 0.2) is 18.2 Å². The Hall–Kier alpha value is -1.63. The summed E-state index contributed by atoms with van der Waals surface area (Å²) in [7, 11) is 3.44. The average Bonchev–Trinajstić information content (AvgIpc) is 2.66. The van der Waals surface area contributed by atoms with Crippen LogP contribution in [0.2, 0.25) is 0 Å². The van der Waals surface area contributed by atoms with E-state index in [1.54, 1.807) is 12.0 Å². The summed E-state index contributed by atoms with van der Waals surface area (Å²) in [6, 6.07) is 5.64. The van der Waals surface area contributed by atoms with E-state index >= 15 is 0 Å². The van der Waals surface area contributed by atoms with Crippen LogP contribution in [0.4, 0.5) is 0 Å². The van der Waals surface area contributed by atoms with Crippen molar-refractivity contribution in [3.63, 3.8) is 0 Å². The average molecular weight is 349 g/mol. The number of benzene rings is 1. The molecule has 0 saturated carbocycles. The Labute approximate surface area is 150 Å². The molecule has 0 spiro atoms. The summed E-state index contributed by atoms with van der Waals surface area (Å²) in [6.07, 6.45) is 3.84. The molecule has 6 nitrogen and oxygen atoms in total. The van der Waals surface area contributed by atoms with Crippen molar-refractivity contribution in [3.05, 3.63) is 29.3 Å². The van der Waals surface area contributed by atoms with E-state index in [2.05, 4.69) is 10.2 Å². The topological polar surface area (TPSA) is 65.0 Å². The molecule has 0 aliphatic carbocycles. The van der Waals surface area contributed by atoms with Crippen molar-refractivity contribution in [2.75, 3.05) is 53.5 Å². The number of carbonyl (C=O) groups excluding carboxylic acids is 1. The first-order chi connectivity index (χ1) is 12.2. The van der Waals surface area contributed by atoms with E-state index in [0.717, 1.165) is 31.7 Å². The molecular formula is C19H31N3O3. The number of methoxy groups -OCH3 is 1. The van der Waals surface area contributed by atoms with E-state index in [1.807, 2.05) is 25.2 Å². The fourth-order valence-corrected chi connectivity index (χ4v) is 3.12. The molecule has 1 heterocycles. The summed E-state index contributed by atoms with van der Waals surface area (Å²) in [5.41, 5.74) is 1.62. The van der Waals surface area contributed by atoms with E-state index in [-0.39, 0.29) is 12.5 Å². The SMILES string of the molecule is COc1cc(CNCCO)ccc1C(=O)N(C)CCN1CCCCC1. The van der Waals surface area contributed by atoms with Crippen LogP contribution in [-0.4, -0.2) is 74.3 Å². The number of likely N-dealkylation sites (N-methyl/N-ethyl adjacent to an activating group) is 1. The third-order valence-corrected chi connectivity index (χ3v) is 4.66. The maximum atomic E-state index is 12.7. The first kappa shape index (κ1) is 19.7. The van der Waals surface area contributed by atoms with Gasteiger partial charge < -0.3 is 25.0 Å². The second-order valence-corrected chi connectivity index (χ2v) is 6.56. The Morgan fingerprint density at radius 3 is 2.76 bits per heavy atom. The Morgan fingerprint density at radius 2 is 2.08 bits per heavy atom. The summed E-state index contributed by atoms with van der Waals surface area (Å²) in [6.45, 7) is 5.21. The lowest BCUT2D eigenvalue weighted by Gasteiger charge is -2.28. The predicted octanol–water partition coefficient (Wildman–Crippen LogP) is 1.33. The second-order valence-electron chi connectivity index (χ2n) is 6.56. The van der Waals surface area contributed by atoms with E-state index < -0.39 is 0 Å². The van der Waals surface area contributed by atoms with Crippen molar-refractivity contribution < 1.29 is 14.6 Å². The maximum absolute atomic E-state index is 12.7. The molecule has 2 rings (SSSR count). The molecule has 1 amide bonds. The number of rotatable bonds is 9. The minimum Gasteiger partial charge on any atom is -0.496 e. The van der Waals surface area contributed by atoms with Gasteiger partial charge in [0.1, 0.15) is 5.75 Å². The first-order valence-electron chi connectivity index (χ1n) is 9.12. The highest BCUT2D eigenvalue weighted by Gasteiger charge is 2.18. The van der Waals surface area contributed by atoms with Crippen LogP contribution in [0.5, 0.6) is 5.75 Å². The quantitative estimate of drug-likeness (QED) is 0.659. The molecule has 25 heavy (non-hydrogen) atoms. The first-order valence-corrected chi connectivity index (χ1v) is 9.12. The number of hydrogen-bond acceptors (Lipinski definition) is 5. The molecule has 0 unspecified atom stereocenters. The second kappa shape index (κ2) is 10.4. The fraction of sp³-hybridized carbons (Fsp3) is 0.632. The zero-order chi connectivity index (χ0) is 18.1. The number of ether oxygens (including phenoxy) is 1. The van der Waals surface area contributed by atoms with Gasteiger partial charge in [-0.05, 0) is 43.6 Å². The highest BCUT2D eigenvalue weighted by molar-refractivity contribution is 5.96. The standard InChI is InChI=1S/C19H31N3O3/c1-21(11-12-22-9-4-3-5-10-22)19(24)17-7-6-16(14-18(17)25-2)15-20-8-13-23/h6-7,14,20,23H,3-5,8-13,15H2,1-2H3. The number of likely N-dealkylation sites (tertiary alicyclic amines) is 1. The number of nitrogens with zero attached hydrogens (tertiary/aromatic N) is 2. The molecule has 0 radical (unpaired) electrons. The van der Waals surface area contributed by atoms with Gasteiger partial charge in [-0.3, -0.25) is 4.79 Å². The summed E-state index contributed by atoms with van der Waals surface area (Å²) in [5, 5.41) is 12.0. The fourth-order valence-electron chi connectivity index (χ4n) is 3.12. The van der Waals surface area contributed by atoms with Crippen LogP contribution in [0.3, 0.4) is 0 Å². The molecule has 1 aliphatic rings. The van der Waals surface area contributed by atoms with Crippen LogP contribution < -0.4 is 10.1 Å². The van der Waals surface area contributed by atoms with Crippen LogP contribution in [0.1, 0.15) is 35.2 Å². The van der Waals surface area contributed by atoms with Crippen molar-refractivity contribution in [1.29, 1.82) is 0 Å². The highest BCUT2D eigenvalue weighted by Crippen LogP contribution is 2.22. The molecule has 140 valence electrons. The molecule has 1 aromatic carbocycles. The Morgan fingerprint density at radius 1 is 1.32 bits per heavy atom. The van der Waals surface area contributed by atoms with Crippen molar-refractivity contribution in [2.45, 2.75) is 25.8 Å². The molecular weight excluding hydrogens is 318 g/mol. The molecule has 2 N–H and O–H groups in total. The molecule has 1 fully saturated rings. The van der Waals surface area contributed by atoms with Crippen LogP contribution in [0, 0.1) is 0 Å². The van der Waals surface area contributed by atoms with Gasteiger partial charge in [0.05, 0.1) is 19.3 Å². The van der Waals surface area contributed by atoms with Gasteiger partial charge >= 0.3 is 0 Å². The summed E-state index contributed by atoms with van der Waals surface area (Å²) < 4.78 is 5.42. The van der Waals surface area contributed by atoms with Gasteiger partial charge in [-0.25, -0.2) is 0 Å². The monoisotopic (exact) mass is 349 g/mol. The lowest BCUT2D eigenvalue weighted by molar-refractivity contribution is 0.0769. The van der Waals surface area contributed by atoms with Crippen molar-refractivity contribution in [1.82, 2.24) is 15.1 Å². The number of aliphatic hydroxyl groups excluding tert-OH is 1. The lowest BCUT2D eigenvalue weighted by atomic mass is 10.1. The van der Waals surface area contributed by atoms with Crippen LogP contribution >= 0.6 is 0 Å². The van der Waals surface area contributed by atoms with Crippen molar-refractivity contribution in [3.8, 4) is 5.75 Å². The number of carbonyl (C=O) groups is 1. The molecule has 0 atom stereocenters. The number of hydrogen-bond donors (Lipinski definition) is 2. The Balaban J connectivity index is 1.94. The van der Waals surface area contributed by atoms with Gasteiger partial charge in [0.15, 0.2) is 0 Å². The zero-order valence-corrected chi connectivity index (χ0v) is 15.5. The Bertz CT molecular complexity index is 545. The van der Waals surface area contributed by atoms with E-state index in [0.29, 0.717) is 24.4 Å². The maximum Gasteiger partial charge on any atom is 0.257 e. The molecule has 0 bridgehead atoms. The third kappa shape index (κ3) is 5.99. The van der Waals surface area contributed by atoms with Gasteiger partial charge in [-0.1, -0.05) is 12.5 Å². The van der Waals surface area contributed by atoms with E-state index in [1.165, 1.54) is 19.3 Å². The van der Waals surface area contributed by atoms with E-state index in [9.17, 15) is 4.79 Å². The third-order valence-electron chi connectivity index (χ3n) is 4.66. The Kier molecular flexibility index (Phi) is 8.18. The summed E-state index contributed by atoms with van der Waals surface area (Å²) >= 11 is 0. The summed E-state index contributed by atoms with van der Waals surface area (Å²) in [5.74, 6) is 0.585. The smallest absolute Gasteiger partial charge is 0.257 e. The van der Waals surface area contributed by atoms with Crippen molar-refractivity contribution >= 4 is 5.91 Å². The van der Waals surface area contributed by atoms with Gasteiger partial charge in [-0.2, -0.15) is 0 Å². The zero-order valence-electron chi connectivity index (χ0n) is 15.5. The molecule has 1 aromatic rings.